The van der Waals surface area contributed by atoms with Crippen LogP contribution >= 0.6 is 0 Å². The highest BCUT2D eigenvalue weighted by molar-refractivity contribution is 6.19. The van der Waals surface area contributed by atoms with Crippen LogP contribution in [0.4, 0.5) is 0 Å². The number of hydrogen-bond donors (Lipinski definition) is 0. The second-order valence-electron chi connectivity index (χ2n) is 13.3. The number of rotatable bonds is 4. The number of benzene rings is 8. The topological polar surface area (TPSA) is 27.7 Å². The molecular weight excluding hydrogens is 621 g/mol. The Kier molecular flexibility index (Phi) is 5.92. The molecule has 0 atom stereocenters. The minimum atomic E-state index is 0.935. The van der Waals surface area contributed by atoms with Gasteiger partial charge in [0.1, 0.15) is 5.82 Å². The second kappa shape index (κ2) is 10.8. The van der Waals surface area contributed by atoms with Gasteiger partial charge in [-0.25, -0.2) is 4.98 Å². The fourth-order valence-electron chi connectivity index (χ4n) is 8.12. The van der Waals surface area contributed by atoms with Crippen molar-refractivity contribution in [3.05, 3.63) is 182 Å². The molecule has 0 fully saturated rings. The molecule has 51 heavy (non-hydrogen) atoms. The Bertz CT molecular complexity index is 3120. The maximum absolute atomic E-state index is 5.07. The van der Waals surface area contributed by atoms with E-state index in [4.69, 9.17) is 4.98 Å². The average molecular weight is 651 g/mol. The third-order valence-electron chi connectivity index (χ3n) is 10.4. The SMILES string of the molecule is c1ccc(-c2nc3ccccc3n2-c2ccc(-n3c4ccccc4c4cc5c6ccccc6n(-c6ccc7ccccc7c6)c5cc43)cc2)cc1. The van der Waals surface area contributed by atoms with Gasteiger partial charge in [-0.2, -0.15) is 0 Å². The molecule has 0 spiro atoms. The lowest BCUT2D eigenvalue weighted by Gasteiger charge is -2.13. The summed E-state index contributed by atoms with van der Waals surface area (Å²) in [5.74, 6) is 0.935. The van der Waals surface area contributed by atoms with Gasteiger partial charge in [0.2, 0.25) is 0 Å². The first-order chi connectivity index (χ1) is 25.3. The summed E-state index contributed by atoms with van der Waals surface area (Å²) in [5.41, 5.74) is 11.3. The minimum absolute atomic E-state index is 0.935. The zero-order valence-electron chi connectivity index (χ0n) is 27.6. The van der Waals surface area contributed by atoms with E-state index >= 15 is 0 Å². The molecule has 0 amide bonds. The van der Waals surface area contributed by atoms with Crippen molar-refractivity contribution in [2.24, 2.45) is 0 Å². The highest BCUT2D eigenvalue weighted by atomic mass is 15.1. The molecule has 0 aliphatic heterocycles. The van der Waals surface area contributed by atoms with E-state index in [-0.39, 0.29) is 0 Å². The summed E-state index contributed by atoms with van der Waals surface area (Å²) in [5, 5.41) is 7.48. The fraction of sp³-hybridized carbons (Fsp3) is 0. The van der Waals surface area contributed by atoms with Gasteiger partial charge < -0.3 is 9.13 Å². The van der Waals surface area contributed by atoms with E-state index < -0.39 is 0 Å². The molecule has 0 N–H and O–H groups in total. The second-order valence-corrected chi connectivity index (χ2v) is 13.3. The molecule has 0 saturated heterocycles. The van der Waals surface area contributed by atoms with Gasteiger partial charge in [-0.15, -0.1) is 0 Å². The van der Waals surface area contributed by atoms with Gasteiger partial charge in [0.15, 0.2) is 0 Å². The summed E-state index contributed by atoms with van der Waals surface area (Å²) < 4.78 is 7.11. The number of hydrogen-bond acceptors (Lipinski definition) is 1. The molecule has 4 nitrogen and oxygen atoms in total. The Morgan fingerprint density at radius 2 is 0.843 bits per heavy atom. The van der Waals surface area contributed by atoms with Crippen LogP contribution in [-0.4, -0.2) is 18.7 Å². The lowest BCUT2D eigenvalue weighted by Crippen LogP contribution is -1.99. The molecule has 238 valence electrons. The zero-order valence-corrected chi connectivity index (χ0v) is 27.6. The van der Waals surface area contributed by atoms with Crippen molar-refractivity contribution in [2.75, 3.05) is 0 Å². The molecule has 8 aromatic carbocycles. The molecule has 11 rings (SSSR count). The van der Waals surface area contributed by atoms with Crippen LogP contribution in [0.25, 0.3) is 93.9 Å². The normalized spacial score (nSPS) is 11.9. The van der Waals surface area contributed by atoms with E-state index in [1.165, 1.54) is 54.4 Å². The highest BCUT2D eigenvalue weighted by Crippen LogP contribution is 2.40. The Morgan fingerprint density at radius 3 is 1.55 bits per heavy atom. The first kappa shape index (κ1) is 28.0. The van der Waals surface area contributed by atoms with Gasteiger partial charge in [-0.05, 0) is 83.6 Å². The van der Waals surface area contributed by atoms with E-state index in [1.807, 2.05) is 6.07 Å². The maximum Gasteiger partial charge on any atom is 0.145 e. The van der Waals surface area contributed by atoms with Crippen molar-refractivity contribution < 1.29 is 0 Å². The smallest absolute Gasteiger partial charge is 0.145 e. The number of nitrogens with zero attached hydrogens (tertiary/aromatic N) is 4. The first-order valence-corrected chi connectivity index (χ1v) is 17.4. The van der Waals surface area contributed by atoms with Crippen LogP contribution < -0.4 is 0 Å². The van der Waals surface area contributed by atoms with E-state index in [2.05, 4.69) is 190 Å². The molecule has 3 heterocycles. The van der Waals surface area contributed by atoms with Crippen LogP contribution in [0.1, 0.15) is 0 Å². The summed E-state index contributed by atoms with van der Waals surface area (Å²) in [6, 6.07) is 65.5. The van der Waals surface area contributed by atoms with Crippen LogP contribution in [0.5, 0.6) is 0 Å². The maximum atomic E-state index is 5.07. The summed E-state index contributed by atoms with van der Waals surface area (Å²) >= 11 is 0. The van der Waals surface area contributed by atoms with Crippen molar-refractivity contribution in [3.63, 3.8) is 0 Å². The number of imidazole rings is 1. The van der Waals surface area contributed by atoms with E-state index in [0.717, 1.165) is 39.5 Å². The number of fused-ring (bicyclic) bond motifs is 8. The summed E-state index contributed by atoms with van der Waals surface area (Å²) in [6.07, 6.45) is 0. The predicted octanol–water partition coefficient (Wildman–Crippen LogP) is 12.0. The standard InChI is InChI=1S/C47H30N4/c1-2-13-32(14-3-1)47-48-41-18-8-11-21-44(41)51(47)35-26-24-34(25-27-35)49-42-19-9-6-16-37(42)39-29-40-38-17-7-10-20-43(38)50(46(40)30-45(39)49)36-23-22-31-12-4-5-15-33(31)28-36/h1-30H. The third-order valence-corrected chi connectivity index (χ3v) is 10.4. The van der Waals surface area contributed by atoms with Crippen LogP contribution in [0.15, 0.2) is 182 Å². The van der Waals surface area contributed by atoms with Crippen molar-refractivity contribution in [3.8, 4) is 28.5 Å². The lowest BCUT2D eigenvalue weighted by molar-refractivity contribution is 1.09. The van der Waals surface area contributed by atoms with Crippen LogP contribution in [0.3, 0.4) is 0 Å². The molecular formula is C47H30N4. The van der Waals surface area contributed by atoms with Gasteiger partial charge >= 0.3 is 0 Å². The first-order valence-electron chi connectivity index (χ1n) is 17.4. The summed E-state index contributed by atoms with van der Waals surface area (Å²) in [6.45, 7) is 0. The molecule has 0 aliphatic carbocycles. The van der Waals surface area contributed by atoms with Crippen LogP contribution in [-0.2, 0) is 0 Å². The Morgan fingerprint density at radius 1 is 0.314 bits per heavy atom. The van der Waals surface area contributed by atoms with Crippen LogP contribution in [0, 0.1) is 0 Å². The highest BCUT2D eigenvalue weighted by Gasteiger charge is 2.19. The molecule has 0 radical (unpaired) electrons. The molecule has 0 bridgehead atoms. The number of para-hydroxylation sites is 4. The Hall–Kier alpha value is -6.91. The van der Waals surface area contributed by atoms with Gasteiger partial charge in [-0.3, -0.25) is 4.57 Å². The third kappa shape index (κ3) is 4.17. The van der Waals surface area contributed by atoms with Crippen molar-refractivity contribution in [1.29, 1.82) is 0 Å². The van der Waals surface area contributed by atoms with Gasteiger partial charge in [0.25, 0.3) is 0 Å². The van der Waals surface area contributed by atoms with Gasteiger partial charge in [0, 0.05) is 44.2 Å². The fourth-order valence-corrected chi connectivity index (χ4v) is 8.12. The van der Waals surface area contributed by atoms with Crippen LogP contribution in [0.2, 0.25) is 0 Å². The quantitative estimate of drug-likeness (QED) is 0.186. The minimum Gasteiger partial charge on any atom is -0.309 e. The molecule has 0 aliphatic rings. The predicted molar refractivity (Wildman–Crippen MR) is 213 cm³/mol. The van der Waals surface area contributed by atoms with Gasteiger partial charge in [-0.1, -0.05) is 109 Å². The van der Waals surface area contributed by atoms with Crippen molar-refractivity contribution >= 4 is 65.4 Å². The molecule has 0 saturated carbocycles. The van der Waals surface area contributed by atoms with E-state index in [1.54, 1.807) is 0 Å². The molecule has 3 aromatic heterocycles. The van der Waals surface area contributed by atoms with Crippen molar-refractivity contribution in [1.82, 2.24) is 18.7 Å². The number of aromatic nitrogens is 4. The Labute approximate surface area is 293 Å². The van der Waals surface area contributed by atoms with E-state index in [0.29, 0.717) is 0 Å². The molecule has 11 aromatic rings. The lowest BCUT2D eigenvalue weighted by atomic mass is 10.1. The Balaban J connectivity index is 1.15. The van der Waals surface area contributed by atoms with E-state index in [9.17, 15) is 0 Å². The molecule has 4 heteroatoms. The monoisotopic (exact) mass is 650 g/mol. The van der Waals surface area contributed by atoms with Gasteiger partial charge in [0.05, 0.1) is 33.1 Å². The van der Waals surface area contributed by atoms with Crippen molar-refractivity contribution in [2.45, 2.75) is 0 Å². The average Bonchev–Trinajstić information content (AvgIpc) is 3.85. The molecule has 0 unspecified atom stereocenters. The largest absolute Gasteiger partial charge is 0.309 e. The summed E-state index contributed by atoms with van der Waals surface area (Å²) in [4.78, 5) is 5.07. The zero-order chi connectivity index (χ0) is 33.5. The summed E-state index contributed by atoms with van der Waals surface area (Å²) in [7, 11) is 0.